The van der Waals surface area contributed by atoms with Crippen molar-refractivity contribution < 1.29 is 80.2 Å². The predicted molar refractivity (Wildman–Crippen MR) is 204 cm³/mol. The fourth-order valence-corrected chi connectivity index (χ4v) is 6.80. The Morgan fingerprint density at radius 1 is 0.721 bits per heavy atom. The van der Waals surface area contributed by atoms with Crippen molar-refractivity contribution in [3.8, 4) is 0 Å². The van der Waals surface area contributed by atoms with Crippen LogP contribution in [-0.2, 0) is 36.2 Å². The molecule has 2 fully saturated rings. The standard InChI is InChI=1S/C39H51F6N5O11/c1-2-3-4-5-6-13-25(53)14-15-29(54)49-30-27(18-51)59-20-26(48-36(57)46-23-11-7-9-21(16-23)38(40,41)42)34(30)61-35-31(33(56)32(55)28(19-52)60-35)50-37(58)47-24-12-8-10-22(17-24)39(43,44)45/h7-12,16-17,26-28,30-35,51-52,55-56H,2-6,13-15,18-20H2,1H3,(H,49,54)(H2,46,48,57)(H2,47,50,58)/t26?,27?,28?,30-,31?,32+,33+,34+,35-/m0/s1. The second-order valence-corrected chi connectivity index (χ2v) is 14.6. The van der Waals surface area contributed by atoms with Gasteiger partial charge in [0.25, 0.3) is 0 Å². The number of rotatable bonds is 18. The summed E-state index contributed by atoms with van der Waals surface area (Å²) in [5.41, 5.74) is -2.76. The van der Waals surface area contributed by atoms with Gasteiger partial charge in [-0.05, 0) is 42.8 Å². The molecule has 0 spiro atoms. The first kappa shape index (κ1) is 49.1. The lowest BCUT2D eigenvalue weighted by molar-refractivity contribution is -0.293. The maximum Gasteiger partial charge on any atom is 0.416 e. The zero-order valence-corrected chi connectivity index (χ0v) is 33.0. The molecule has 2 aromatic rings. The lowest BCUT2D eigenvalue weighted by Crippen LogP contribution is -2.70. The summed E-state index contributed by atoms with van der Waals surface area (Å²) in [6.45, 7) is -0.111. The fourth-order valence-electron chi connectivity index (χ4n) is 6.80. The molecule has 61 heavy (non-hydrogen) atoms. The first-order valence-corrected chi connectivity index (χ1v) is 19.7. The summed E-state index contributed by atoms with van der Waals surface area (Å²) in [5, 5.41) is 54.0. The third-order valence-electron chi connectivity index (χ3n) is 10.0. The summed E-state index contributed by atoms with van der Waals surface area (Å²) in [6.07, 6.45) is -15.4. The molecule has 4 unspecified atom stereocenters. The number of carbonyl (C=O) groups is 4. The lowest BCUT2D eigenvalue weighted by atomic mass is 9.93. The van der Waals surface area contributed by atoms with Gasteiger partial charge in [-0.15, -0.1) is 0 Å². The van der Waals surface area contributed by atoms with E-state index in [1.807, 2.05) is 0 Å². The van der Waals surface area contributed by atoms with Crippen LogP contribution in [0, 0.1) is 0 Å². The number of benzene rings is 2. The molecular formula is C39H51F6N5O11. The smallest absolute Gasteiger partial charge is 0.394 e. The molecule has 5 amide bonds. The average Bonchev–Trinajstić information content (AvgIpc) is 3.20. The molecule has 0 saturated carbocycles. The number of anilines is 2. The molecular weight excluding hydrogens is 828 g/mol. The Balaban J connectivity index is 1.61. The molecule has 4 rings (SSSR count). The van der Waals surface area contributed by atoms with Crippen LogP contribution in [0.15, 0.2) is 48.5 Å². The fraction of sp³-hybridized carbons (Fsp3) is 0.590. The zero-order valence-electron chi connectivity index (χ0n) is 33.0. The summed E-state index contributed by atoms with van der Waals surface area (Å²) in [5.74, 6) is -0.906. The van der Waals surface area contributed by atoms with E-state index in [0.29, 0.717) is 18.6 Å². The van der Waals surface area contributed by atoms with E-state index in [4.69, 9.17) is 14.2 Å². The second-order valence-electron chi connectivity index (χ2n) is 14.6. The number of Topliss-reactive ketones (excluding diaryl/α,β-unsaturated/α-hetero) is 1. The van der Waals surface area contributed by atoms with E-state index < -0.39 is 116 Å². The number of hydrogen-bond acceptors (Lipinski definition) is 11. The van der Waals surface area contributed by atoms with E-state index >= 15 is 0 Å². The van der Waals surface area contributed by atoms with Gasteiger partial charge in [0.1, 0.15) is 42.3 Å². The summed E-state index contributed by atoms with van der Waals surface area (Å²) >= 11 is 0. The van der Waals surface area contributed by atoms with Gasteiger partial charge in [-0.1, -0.05) is 44.7 Å². The zero-order chi connectivity index (χ0) is 44.9. The predicted octanol–water partition coefficient (Wildman–Crippen LogP) is 3.81. The Morgan fingerprint density at radius 3 is 1.85 bits per heavy atom. The Kier molecular flexibility index (Phi) is 18.1. The SMILES string of the molecule is CCCCCCCC(=O)CCC(=O)N[C@H]1C(CO)OCC(NC(=O)Nc2cccc(C(F)(F)F)c2)[C@H]1O[C@@H]1OC(CO)[C@@H](O)[C@H](O)C1NC(=O)Nc1cccc(C(F)(F)F)c1. The van der Waals surface area contributed by atoms with Crippen molar-refractivity contribution in [1.29, 1.82) is 0 Å². The summed E-state index contributed by atoms with van der Waals surface area (Å²) < 4.78 is 97.9. The van der Waals surface area contributed by atoms with Gasteiger partial charge in [0.05, 0.1) is 43.0 Å². The molecule has 2 aliphatic rings. The van der Waals surface area contributed by atoms with Crippen molar-refractivity contribution in [3.63, 3.8) is 0 Å². The molecule has 340 valence electrons. The highest BCUT2D eigenvalue weighted by Crippen LogP contribution is 2.33. The average molecular weight is 880 g/mol. The van der Waals surface area contributed by atoms with Gasteiger partial charge < -0.3 is 61.2 Å². The minimum atomic E-state index is -4.76. The number of nitrogens with one attached hydrogen (secondary N) is 5. The highest BCUT2D eigenvalue weighted by atomic mass is 19.4. The molecule has 16 nitrogen and oxygen atoms in total. The molecule has 0 aromatic heterocycles. The summed E-state index contributed by atoms with van der Waals surface area (Å²) in [6, 6.07) is 0.338. The minimum Gasteiger partial charge on any atom is -0.394 e. The van der Waals surface area contributed by atoms with Gasteiger partial charge >= 0.3 is 24.4 Å². The Labute approximate surface area is 346 Å². The first-order valence-electron chi connectivity index (χ1n) is 19.7. The topological polar surface area (TPSA) is 237 Å². The third kappa shape index (κ3) is 14.5. The van der Waals surface area contributed by atoms with Crippen LogP contribution in [-0.4, -0.2) is 119 Å². The van der Waals surface area contributed by atoms with Gasteiger partial charge in [0.2, 0.25) is 5.91 Å². The van der Waals surface area contributed by atoms with Crippen molar-refractivity contribution in [2.45, 2.75) is 126 Å². The number of urea groups is 2. The van der Waals surface area contributed by atoms with E-state index in [1.165, 1.54) is 6.07 Å². The van der Waals surface area contributed by atoms with Crippen LogP contribution in [0.25, 0.3) is 0 Å². The number of ketones is 1. The van der Waals surface area contributed by atoms with E-state index in [-0.39, 0.29) is 36.4 Å². The van der Waals surface area contributed by atoms with Crippen molar-refractivity contribution in [1.82, 2.24) is 16.0 Å². The number of halogens is 6. The number of aliphatic hydroxyl groups excluding tert-OH is 4. The molecule has 0 radical (unpaired) electrons. The van der Waals surface area contributed by atoms with Crippen LogP contribution < -0.4 is 26.6 Å². The number of amides is 5. The van der Waals surface area contributed by atoms with Crippen LogP contribution >= 0.6 is 0 Å². The molecule has 0 bridgehead atoms. The lowest BCUT2D eigenvalue weighted by Gasteiger charge is -2.47. The highest BCUT2D eigenvalue weighted by Gasteiger charge is 2.50. The number of hydrogen-bond donors (Lipinski definition) is 9. The van der Waals surface area contributed by atoms with Crippen LogP contribution in [0.5, 0.6) is 0 Å². The Morgan fingerprint density at radius 2 is 1.30 bits per heavy atom. The van der Waals surface area contributed by atoms with Gasteiger partial charge in [-0.25, -0.2) is 9.59 Å². The maximum atomic E-state index is 13.4. The molecule has 2 aromatic carbocycles. The number of ether oxygens (including phenoxy) is 3. The molecule has 9 atom stereocenters. The number of unbranched alkanes of at least 4 members (excludes halogenated alkanes) is 4. The molecule has 2 aliphatic heterocycles. The van der Waals surface area contributed by atoms with Crippen LogP contribution in [0.2, 0.25) is 0 Å². The third-order valence-corrected chi connectivity index (χ3v) is 10.0. The van der Waals surface area contributed by atoms with Crippen molar-refractivity contribution in [3.05, 3.63) is 59.7 Å². The maximum absolute atomic E-state index is 13.4. The van der Waals surface area contributed by atoms with Gasteiger partial charge in [-0.2, -0.15) is 26.3 Å². The van der Waals surface area contributed by atoms with Crippen LogP contribution in [0.4, 0.5) is 47.3 Å². The molecule has 22 heteroatoms. The monoisotopic (exact) mass is 879 g/mol. The van der Waals surface area contributed by atoms with Gasteiger partial charge in [-0.3, -0.25) is 9.59 Å². The normalized spacial score (nSPS) is 25.6. The van der Waals surface area contributed by atoms with E-state index in [9.17, 15) is 65.9 Å². The summed E-state index contributed by atoms with van der Waals surface area (Å²) in [4.78, 5) is 52.4. The van der Waals surface area contributed by atoms with Crippen molar-refractivity contribution >= 4 is 35.1 Å². The second kappa shape index (κ2) is 22.5. The molecule has 2 saturated heterocycles. The Hall–Kier alpha value is -4.58. The van der Waals surface area contributed by atoms with Gasteiger partial charge in [0, 0.05) is 30.6 Å². The quantitative estimate of drug-likeness (QED) is 0.0771. The van der Waals surface area contributed by atoms with Crippen LogP contribution in [0.3, 0.4) is 0 Å². The first-order chi connectivity index (χ1) is 28.8. The van der Waals surface area contributed by atoms with E-state index in [1.54, 1.807) is 0 Å². The van der Waals surface area contributed by atoms with E-state index in [0.717, 1.165) is 56.0 Å². The largest absolute Gasteiger partial charge is 0.416 e. The molecule has 0 aliphatic carbocycles. The minimum absolute atomic E-state index is 0.148. The number of carbonyl (C=O) groups excluding carboxylic acids is 4. The molecule has 9 N–H and O–H groups in total. The van der Waals surface area contributed by atoms with Gasteiger partial charge in [0.15, 0.2) is 6.29 Å². The van der Waals surface area contributed by atoms with E-state index in [2.05, 4.69) is 33.5 Å². The number of alkyl halides is 6. The highest BCUT2D eigenvalue weighted by molar-refractivity contribution is 5.90. The van der Waals surface area contributed by atoms with Crippen LogP contribution in [0.1, 0.15) is 69.4 Å². The van der Waals surface area contributed by atoms with Crippen molar-refractivity contribution in [2.24, 2.45) is 0 Å². The molecule has 2 heterocycles. The number of aliphatic hydroxyl groups is 4. The Bertz CT molecular complexity index is 1770. The summed E-state index contributed by atoms with van der Waals surface area (Å²) in [7, 11) is 0. The van der Waals surface area contributed by atoms with Crippen molar-refractivity contribution in [2.75, 3.05) is 30.5 Å².